The monoisotopic (exact) mass is 374 g/mol. The molecule has 1 N–H and O–H groups in total. The Hall–Kier alpha value is -1.10. The van der Waals surface area contributed by atoms with Gasteiger partial charge in [0.15, 0.2) is 0 Å². The number of hydrogen-bond donors (Lipinski definition) is 1. The Bertz CT molecular complexity index is 602. The predicted molar refractivity (Wildman–Crippen MR) is 112 cm³/mol. The average molecular weight is 375 g/mol. The third-order valence-electron chi connectivity index (χ3n) is 6.52. The van der Waals surface area contributed by atoms with E-state index in [0.29, 0.717) is 6.04 Å². The largest absolute Gasteiger partial charge is 0.497 e. The maximum absolute atomic E-state index is 5.90. The molecule has 0 saturated heterocycles. The Morgan fingerprint density at radius 2 is 2.11 bits per heavy atom. The van der Waals surface area contributed by atoms with E-state index < -0.39 is 0 Å². The van der Waals surface area contributed by atoms with Crippen LogP contribution in [-0.2, 0) is 16.6 Å². The molecule has 4 nitrogen and oxygen atoms in total. The lowest BCUT2D eigenvalue weighted by Gasteiger charge is -2.41. The highest BCUT2D eigenvalue weighted by molar-refractivity contribution is 5.41. The van der Waals surface area contributed by atoms with Gasteiger partial charge in [0.2, 0.25) is 0 Å². The van der Waals surface area contributed by atoms with Gasteiger partial charge < -0.3 is 14.8 Å². The van der Waals surface area contributed by atoms with Gasteiger partial charge >= 0.3 is 0 Å². The zero-order valence-corrected chi connectivity index (χ0v) is 17.7. The fourth-order valence-electron chi connectivity index (χ4n) is 4.46. The topological polar surface area (TPSA) is 33.7 Å². The lowest BCUT2D eigenvalue weighted by atomic mass is 9.72. The summed E-state index contributed by atoms with van der Waals surface area (Å²) in [5, 5.41) is 3.36. The van der Waals surface area contributed by atoms with Crippen molar-refractivity contribution in [2.45, 2.75) is 57.4 Å². The van der Waals surface area contributed by atoms with Crippen molar-refractivity contribution in [3.63, 3.8) is 0 Å². The smallest absolute Gasteiger partial charge is 0.119 e. The molecule has 0 bridgehead atoms. The summed E-state index contributed by atoms with van der Waals surface area (Å²) in [6, 6.07) is 7.19. The summed E-state index contributed by atoms with van der Waals surface area (Å²) in [7, 11) is 3.82. The van der Waals surface area contributed by atoms with Gasteiger partial charge in [-0.25, -0.2) is 0 Å². The van der Waals surface area contributed by atoms with Crippen molar-refractivity contribution in [1.82, 2.24) is 10.2 Å². The summed E-state index contributed by atoms with van der Waals surface area (Å²) >= 11 is 0. The molecule has 1 aromatic carbocycles. The summed E-state index contributed by atoms with van der Waals surface area (Å²) < 4.78 is 11.5. The van der Waals surface area contributed by atoms with Crippen LogP contribution < -0.4 is 10.1 Å². The molecule has 27 heavy (non-hydrogen) atoms. The molecular weight excluding hydrogens is 336 g/mol. The molecule has 1 saturated carbocycles. The molecule has 1 fully saturated rings. The number of benzene rings is 1. The van der Waals surface area contributed by atoms with E-state index in [0.717, 1.165) is 50.8 Å². The van der Waals surface area contributed by atoms with Crippen LogP contribution in [0.4, 0.5) is 0 Å². The number of nitrogens with one attached hydrogen (secondary N) is 1. The van der Waals surface area contributed by atoms with E-state index in [1.807, 2.05) is 0 Å². The molecule has 152 valence electrons. The van der Waals surface area contributed by atoms with Crippen molar-refractivity contribution < 1.29 is 9.47 Å². The van der Waals surface area contributed by atoms with E-state index in [2.05, 4.69) is 49.3 Å². The molecule has 1 aromatic rings. The number of rotatable bonds is 9. The van der Waals surface area contributed by atoms with Gasteiger partial charge in [0.25, 0.3) is 0 Å². The van der Waals surface area contributed by atoms with Gasteiger partial charge in [-0.1, -0.05) is 13.0 Å². The molecule has 0 amide bonds. The number of hydrogen-bond acceptors (Lipinski definition) is 4. The van der Waals surface area contributed by atoms with E-state index in [1.54, 1.807) is 7.11 Å². The molecule has 0 spiro atoms. The maximum atomic E-state index is 5.90. The summed E-state index contributed by atoms with van der Waals surface area (Å²) in [4.78, 5) is 2.73. The third-order valence-corrected chi connectivity index (χ3v) is 6.52. The summed E-state index contributed by atoms with van der Waals surface area (Å²) in [5.74, 6) is 1.88. The lowest BCUT2D eigenvalue weighted by molar-refractivity contribution is 0.0558. The van der Waals surface area contributed by atoms with Crippen LogP contribution >= 0.6 is 0 Å². The number of fused-ring (bicyclic) bond motifs is 1. The van der Waals surface area contributed by atoms with Crippen LogP contribution in [0.5, 0.6) is 5.75 Å². The predicted octanol–water partition coefficient (Wildman–Crippen LogP) is 3.63. The zero-order chi connectivity index (χ0) is 19.3. The number of ether oxygens (including phenoxy) is 2. The maximum Gasteiger partial charge on any atom is 0.119 e. The minimum absolute atomic E-state index is 0.172. The Morgan fingerprint density at radius 1 is 1.30 bits per heavy atom. The zero-order valence-electron chi connectivity index (χ0n) is 17.7. The minimum Gasteiger partial charge on any atom is -0.497 e. The van der Waals surface area contributed by atoms with Crippen LogP contribution in [0.2, 0.25) is 0 Å². The summed E-state index contributed by atoms with van der Waals surface area (Å²) in [6.45, 7) is 9.61. The highest BCUT2D eigenvalue weighted by Crippen LogP contribution is 2.39. The SMILES string of the molecule is CCOCC1Cc2ccc(OC)cc2C(C)(CCNC)CCN1CC1CC1. The van der Waals surface area contributed by atoms with Gasteiger partial charge in [0.05, 0.1) is 13.7 Å². The molecule has 3 rings (SSSR count). The standard InChI is InChI=1S/C23H38N2O2/c1-5-27-17-20-14-19-8-9-21(26-4)15-22(19)23(2,10-12-24-3)11-13-25(20)16-18-6-7-18/h8-9,15,18,20,24H,5-7,10-14,16-17H2,1-4H3. The normalized spacial score (nSPS) is 26.3. The molecule has 1 aliphatic carbocycles. The fraction of sp³-hybridized carbons (Fsp3) is 0.739. The first-order valence-corrected chi connectivity index (χ1v) is 10.7. The van der Waals surface area contributed by atoms with Gasteiger partial charge in [-0.15, -0.1) is 0 Å². The van der Waals surface area contributed by atoms with E-state index in [1.165, 1.54) is 36.9 Å². The molecule has 0 aromatic heterocycles. The molecular formula is C23H38N2O2. The molecule has 2 atom stereocenters. The van der Waals surface area contributed by atoms with Gasteiger partial charge in [-0.05, 0) is 93.8 Å². The molecule has 1 aliphatic heterocycles. The van der Waals surface area contributed by atoms with Crippen LogP contribution in [0.15, 0.2) is 18.2 Å². The van der Waals surface area contributed by atoms with Crippen molar-refractivity contribution in [2.24, 2.45) is 5.92 Å². The van der Waals surface area contributed by atoms with Crippen LogP contribution in [0.1, 0.15) is 50.7 Å². The Labute approximate surface area is 165 Å². The quantitative estimate of drug-likeness (QED) is 0.716. The van der Waals surface area contributed by atoms with Crippen molar-refractivity contribution in [3.8, 4) is 5.75 Å². The highest BCUT2D eigenvalue weighted by atomic mass is 16.5. The van der Waals surface area contributed by atoms with Crippen LogP contribution in [0.25, 0.3) is 0 Å². The van der Waals surface area contributed by atoms with Crippen molar-refractivity contribution in [1.29, 1.82) is 0 Å². The lowest BCUT2D eigenvalue weighted by Crippen LogP contribution is -2.46. The molecule has 1 heterocycles. The van der Waals surface area contributed by atoms with E-state index >= 15 is 0 Å². The van der Waals surface area contributed by atoms with Gasteiger partial charge in [0, 0.05) is 19.2 Å². The number of nitrogens with zero attached hydrogens (tertiary/aromatic N) is 1. The Kier molecular flexibility index (Phi) is 7.18. The van der Waals surface area contributed by atoms with Gasteiger partial charge in [0.1, 0.15) is 5.75 Å². The summed E-state index contributed by atoms with van der Waals surface area (Å²) in [6.07, 6.45) is 6.22. The van der Waals surface area contributed by atoms with Crippen LogP contribution in [-0.4, -0.2) is 57.9 Å². The van der Waals surface area contributed by atoms with E-state index in [-0.39, 0.29) is 5.41 Å². The Balaban J connectivity index is 1.92. The minimum atomic E-state index is 0.172. The van der Waals surface area contributed by atoms with Crippen molar-refractivity contribution in [3.05, 3.63) is 29.3 Å². The third kappa shape index (κ3) is 5.24. The average Bonchev–Trinajstić information content (AvgIpc) is 3.50. The second-order valence-electron chi connectivity index (χ2n) is 8.64. The van der Waals surface area contributed by atoms with E-state index in [9.17, 15) is 0 Å². The van der Waals surface area contributed by atoms with E-state index in [4.69, 9.17) is 9.47 Å². The Morgan fingerprint density at radius 3 is 2.78 bits per heavy atom. The number of methoxy groups -OCH3 is 1. The molecule has 2 unspecified atom stereocenters. The van der Waals surface area contributed by atoms with Crippen molar-refractivity contribution >= 4 is 0 Å². The first-order valence-electron chi connectivity index (χ1n) is 10.7. The first kappa shape index (κ1) is 20.6. The molecule has 0 radical (unpaired) electrons. The highest BCUT2D eigenvalue weighted by Gasteiger charge is 2.36. The fourth-order valence-corrected chi connectivity index (χ4v) is 4.46. The second-order valence-corrected chi connectivity index (χ2v) is 8.64. The van der Waals surface area contributed by atoms with Crippen molar-refractivity contribution in [2.75, 3.05) is 47.0 Å². The second kappa shape index (κ2) is 9.40. The van der Waals surface area contributed by atoms with Crippen LogP contribution in [0, 0.1) is 5.92 Å². The first-order chi connectivity index (χ1) is 13.1. The molecule has 2 aliphatic rings. The summed E-state index contributed by atoms with van der Waals surface area (Å²) in [5.41, 5.74) is 3.12. The van der Waals surface area contributed by atoms with Crippen LogP contribution in [0.3, 0.4) is 0 Å². The van der Waals surface area contributed by atoms with Gasteiger partial charge in [-0.3, -0.25) is 4.90 Å². The van der Waals surface area contributed by atoms with Gasteiger partial charge in [-0.2, -0.15) is 0 Å². The molecule has 4 heteroatoms.